The van der Waals surface area contributed by atoms with Crippen LogP contribution < -0.4 is 10.6 Å². The van der Waals surface area contributed by atoms with Crippen molar-refractivity contribution < 1.29 is 19.6 Å². The second kappa shape index (κ2) is 13.2. The van der Waals surface area contributed by atoms with Gasteiger partial charge in [-0.25, -0.2) is 9.86 Å². The predicted molar refractivity (Wildman–Crippen MR) is 122 cm³/mol. The average molecular weight is 426 g/mol. The van der Waals surface area contributed by atoms with E-state index in [1.54, 1.807) is 0 Å². The van der Waals surface area contributed by atoms with Crippen molar-refractivity contribution in [2.24, 2.45) is 0 Å². The molecule has 3 N–H and O–H groups in total. The van der Waals surface area contributed by atoms with E-state index in [1.807, 2.05) is 42.5 Å². The molecule has 0 unspecified atom stereocenters. The van der Waals surface area contributed by atoms with Crippen LogP contribution in [0.4, 0.5) is 10.5 Å². The Morgan fingerprint density at radius 2 is 1.58 bits per heavy atom. The number of carbonyl (C=O) groups is 3. The van der Waals surface area contributed by atoms with Crippen molar-refractivity contribution in [1.82, 2.24) is 10.4 Å². The fourth-order valence-electron chi connectivity index (χ4n) is 3.18. The minimum atomic E-state index is -0.581. The number of unbranched alkanes of at least 4 members (excludes halogenated alkanes) is 5. The molecule has 0 saturated heterocycles. The molecule has 0 aliphatic rings. The van der Waals surface area contributed by atoms with E-state index in [4.69, 9.17) is 0 Å². The molecule has 0 aliphatic carbocycles. The molecule has 0 fully saturated rings. The van der Waals surface area contributed by atoms with E-state index in [0.29, 0.717) is 18.0 Å². The third kappa shape index (κ3) is 9.00. The number of allylic oxidation sites excluding steroid dienone is 1. The van der Waals surface area contributed by atoms with Crippen molar-refractivity contribution in [2.75, 3.05) is 18.4 Å². The van der Waals surface area contributed by atoms with Gasteiger partial charge < -0.3 is 10.6 Å². The highest BCUT2D eigenvalue weighted by Crippen LogP contribution is 2.22. The first-order valence-corrected chi connectivity index (χ1v) is 10.7. The van der Waals surface area contributed by atoms with Crippen LogP contribution in [-0.4, -0.2) is 41.1 Å². The number of carbonyl (C=O) groups excluding carboxylic acids is 3. The van der Waals surface area contributed by atoms with Crippen LogP contribution in [0.3, 0.4) is 0 Å². The molecule has 7 nitrogen and oxygen atoms in total. The standard InChI is InChI=1S/C24H31N3O4/c1-19(28)15-16-23(29)27(31)18-9-5-3-2-4-8-17-25-24(30)26-22-14-10-12-20-11-6-7-13-21(20)22/h6-7,10-16,31H,2-5,8-9,17-18H2,1H3,(H2,25,26,30)/b16-15+. The Bertz CT molecular complexity index is 905. The number of hydrogen-bond donors (Lipinski definition) is 3. The Kier molecular flexibility index (Phi) is 10.2. The smallest absolute Gasteiger partial charge is 0.319 e. The maximum absolute atomic E-state index is 12.1. The van der Waals surface area contributed by atoms with Crippen molar-refractivity contribution in [3.63, 3.8) is 0 Å². The molecule has 2 aromatic rings. The molecule has 0 heterocycles. The molecule has 0 radical (unpaired) electrons. The van der Waals surface area contributed by atoms with Crippen LogP contribution in [-0.2, 0) is 9.59 Å². The lowest BCUT2D eigenvalue weighted by molar-refractivity contribution is -0.159. The highest BCUT2D eigenvalue weighted by atomic mass is 16.5. The number of nitrogens with one attached hydrogen (secondary N) is 2. The van der Waals surface area contributed by atoms with Crippen LogP contribution in [0.2, 0.25) is 0 Å². The first-order valence-electron chi connectivity index (χ1n) is 10.7. The highest BCUT2D eigenvalue weighted by Gasteiger charge is 2.07. The summed E-state index contributed by atoms with van der Waals surface area (Å²) in [5.74, 6) is -0.815. The lowest BCUT2D eigenvalue weighted by Gasteiger charge is -2.12. The van der Waals surface area contributed by atoms with E-state index in [9.17, 15) is 19.6 Å². The minimum Gasteiger partial charge on any atom is -0.338 e. The fraction of sp³-hybridized carbons (Fsp3) is 0.375. The average Bonchev–Trinajstić information content (AvgIpc) is 2.76. The van der Waals surface area contributed by atoms with Crippen LogP contribution in [0.25, 0.3) is 10.8 Å². The summed E-state index contributed by atoms with van der Waals surface area (Å²) in [4.78, 5) is 34.4. The highest BCUT2D eigenvalue weighted by molar-refractivity contribution is 6.01. The van der Waals surface area contributed by atoms with E-state index in [0.717, 1.165) is 60.7 Å². The van der Waals surface area contributed by atoms with Crippen molar-refractivity contribution >= 4 is 34.2 Å². The van der Waals surface area contributed by atoms with Gasteiger partial charge in [0.25, 0.3) is 5.91 Å². The molecule has 0 aliphatic heterocycles. The fourth-order valence-corrected chi connectivity index (χ4v) is 3.18. The molecule has 2 aromatic carbocycles. The van der Waals surface area contributed by atoms with Gasteiger partial charge in [-0.2, -0.15) is 0 Å². The van der Waals surface area contributed by atoms with Gasteiger partial charge in [-0.1, -0.05) is 62.1 Å². The molecule has 0 aromatic heterocycles. The van der Waals surface area contributed by atoms with E-state index < -0.39 is 5.91 Å². The summed E-state index contributed by atoms with van der Waals surface area (Å²) in [5, 5.41) is 18.1. The van der Waals surface area contributed by atoms with Gasteiger partial charge in [0.05, 0.1) is 5.69 Å². The molecular formula is C24H31N3O4. The summed E-state index contributed by atoms with van der Waals surface area (Å²) in [6.07, 6.45) is 7.72. The lowest BCUT2D eigenvalue weighted by Crippen LogP contribution is -2.29. The number of hydroxylamine groups is 2. The summed E-state index contributed by atoms with van der Waals surface area (Å²) in [5.41, 5.74) is 0.795. The number of nitrogens with zero attached hydrogens (tertiary/aromatic N) is 1. The normalized spacial score (nSPS) is 10.9. The van der Waals surface area contributed by atoms with Crippen molar-refractivity contribution in [1.29, 1.82) is 0 Å². The van der Waals surface area contributed by atoms with Gasteiger partial charge in [0.15, 0.2) is 5.78 Å². The van der Waals surface area contributed by atoms with Crippen LogP contribution in [0.1, 0.15) is 45.4 Å². The number of rotatable bonds is 12. The van der Waals surface area contributed by atoms with Crippen molar-refractivity contribution in [3.8, 4) is 0 Å². The monoisotopic (exact) mass is 425 g/mol. The first kappa shape index (κ1) is 24.1. The summed E-state index contributed by atoms with van der Waals surface area (Å²) in [6.45, 7) is 2.20. The minimum absolute atomic E-state index is 0.206. The van der Waals surface area contributed by atoms with Crippen molar-refractivity contribution in [3.05, 3.63) is 54.6 Å². The number of amides is 3. The van der Waals surface area contributed by atoms with E-state index in [2.05, 4.69) is 10.6 Å². The second-order valence-corrected chi connectivity index (χ2v) is 7.43. The number of fused-ring (bicyclic) bond motifs is 1. The Balaban J connectivity index is 1.52. The van der Waals surface area contributed by atoms with E-state index in [-0.39, 0.29) is 18.4 Å². The molecule has 0 saturated carbocycles. The van der Waals surface area contributed by atoms with Gasteiger partial charge in [-0.05, 0) is 37.3 Å². The topological polar surface area (TPSA) is 98.7 Å². The largest absolute Gasteiger partial charge is 0.338 e. The summed E-state index contributed by atoms with van der Waals surface area (Å²) < 4.78 is 0. The van der Waals surface area contributed by atoms with E-state index in [1.165, 1.54) is 6.92 Å². The third-order valence-corrected chi connectivity index (χ3v) is 4.84. The first-order chi connectivity index (χ1) is 15.0. The molecule has 166 valence electrons. The Labute approximate surface area is 183 Å². The Morgan fingerprint density at radius 3 is 2.35 bits per heavy atom. The number of ketones is 1. The second-order valence-electron chi connectivity index (χ2n) is 7.43. The number of anilines is 1. The maximum atomic E-state index is 12.1. The quantitative estimate of drug-likeness (QED) is 0.199. The Morgan fingerprint density at radius 1 is 0.903 bits per heavy atom. The molecule has 31 heavy (non-hydrogen) atoms. The zero-order chi connectivity index (χ0) is 22.5. The zero-order valence-corrected chi connectivity index (χ0v) is 18.0. The molecule has 0 atom stereocenters. The van der Waals surface area contributed by atoms with Crippen molar-refractivity contribution in [2.45, 2.75) is 45.4 Å². The van der Waals surface area contributed by atoms with Gasteiger partial charge in [0, 0.05) is 24.6 Å². The zero-order valence-electron chi connectivity index (χ0n) is 18.0. The molecule has 7 heteroatoms. The van der Waals surface area contributed by atoms with Gasteiger partial charge in [-0.15, -0.1) is 0 Å². The molecule has 3 amide bonds. The molecule has 0 bridgehead atoms. The Hall–Kier alpha value is -3.19. The van der Waals surface area contributed by atoms with E-state index >= 15 is 0 Å². The van der Waals surface area contributed by atoms with Crippen LogP contribution in [0, 0.1) is 0 Å². The molecular weight excluding hydrogens is 394 g/mol. The lowest BCUT2D eigenvalue weighted by atomic mass is 10.1. The molecule has 0 spiro atoms. The maximum Gasteiger partial charge on any atom is 0.319 e. The van der Waals surface area contributed by atoms with Gasteiger partial charge >= 0.3 is 6.03 Å². The number of urea groups is 1. The van der Waals surface area contributed by atoms with Crippen LogP contribution in [0.5, 0.6) is 0 Å². The number of hydrogen-bond acceptors (Lipinski definition) is 4. The van der Waals surface area contributed by atoms with Gasteiger partial charge in [-0.3, -0.25) is 14.8 Å². The van der Waals surface area contributed by atoms with Crippen LogP contribution in [0.15, 0.2) is 54.6 Å². The summed E-state index contributed by atoms with van der Waals surface area (Å²) in [7, 11) is 0. The SMILES string of the molecule is CC(=O)/C=C/C(=O)N(O)CCCCCCCCNC(=O)Nc1cccc2ccccc12. The summed E-state index contributed by atoms with van der Waals surface area (Å²) in [6, 6.07) is 13.5. The summed E-state index contributed by atoms with van der Waals surface area (Å²) >= 11 is 0. The van der Waals surface area contributed by atoms with Gasteiger partial charge in [0.1, 0.15) is 0 Å². The predicted octanol–water partition coefficient (Wildman–Crippen LogP) is 4.66. The van der Waals surface area contributed by atoms with Gasteiger partial charge in [0.2, 0.25) is 0 Å². The van der Waals surface area contributed by atoms with Crippen LogP contribution >= 0.6 is 0 Å². The number of benzene rings is 2. The molecule has 2 rings (SSSR count). The third-order valence-electron chi connectivity index (χ3n) is 4.84.